The van der Waals surface area contributed by atoms with Gasteiger partial charge in [-0.15, -0.1) is 0 Å². The summed E-state index contributed by atoms with van der Waals surface area (Å²) in [6, 6.07) is 8.91. The largest absolute Gasteiger partial charge is 0.494 e. The Morgan fingerprint density at radius 2 is 2.23 bits per heavy atom. The lowest BCUT2D eigenvalue weighted by molar-refractivity contribution is -0.117. The molecule has 0 aliphatic rings. The monoisotopic (exact) mass is 300 g/mol. The number of hydrogen-bond donors (Lipinski definition) is 2. The van der Waals surface area contributed by atoms with E-state index in [2.05, 4.69) is 10.3 Å². The van der Waals surface area contributed by atoms with E-state index in [0.29, 0.717) is 23.6 Å². The van der Waals surface area contributed by atoms with Gasteiger partial charge in [-0.3, -0.25) is 9.78 Å². The summed E-state index contributed by atoms with van der Waals surface area (Å²) >= 11 is 0. The number of rotatable bonds is 6. The van der Waals surface area contributed by atoms with Crippen molar-refractivity contribution in [3.8, 4) is 5.75 Å². The van der Waals surface area contributed by atoms with Crippen LogP contribution in [0.1, 0.15) is 30.9 Å². The molecule has 0 saturated heterocycles. The Hall–Kier alpha value is -2.40. The summed E-state index contributed by atoms with van der Waals surface area (Å²) in [5.41, 5.74) is 2.13. The van der Waals surface area contributed by atoms with Crippen LogP contribution in [0.2, 0.25) is 0 Å². The standard InChI is InChI=1S/C17H20N2O3/c1-3-22-16-7-6-15(9-14(16)11-20)19-17(21)12(2)13-5-4-8-18-10-13/h4-10,12,20H,3,11H2,1-2H3,(H,19,21). The predicted molar refractivity (Wildman–Crippen MR) is 84.8 cm³/mol. The molecule has 1 unspecified atom stereocenters. The van der Waals surface area contributed by atoms with Crippen molar-refractivity contribution in [2.45, 2.75) is 26.4 Å². The van der Waals surface area contributed by atoms with Gasteiger partial charge in [0.05, 0.1) is 19.1 Å². The molecule has 2 N–H and O–H groups in total. The maximum Gasteiger partial charge on any atom is 0.231 e. The summed E-state index contributed by atoms with van der Waals surface area (Å²) < 4.78 is 5.42. The van der Waals surface area contributed by atoms with Crippen LogP contribution in [0.5, 0.6) is 5.75 Å². The first-order chi connectivity index (χ1) is 10.7. The second-order valence-corrected chi connectivity index (χ2v) is 4.91. The normalized spacial score (nSPS) is 11.8. The Bertz CT molecular complexity index is 629. The van der Waals surface area contributed by atoms with Gasteiger partial charge < -0.3 is 15.2 Å². The number of benzene rings is 1. The molecule has 0 aliphatic carbocycles. The number of anilines is 1. The Balaban J connectivity index is 2.11. The van der Waals surface area contributed by atoms with Gasteiger partial charge in [0.2, 0.25) is 5.91 Å². The molecular formula is C17H20N2O3. The number of carbonyl (C=O) groups excluding carboxylic acids is 1. The SMILES string of the molecule is CCOc1ccc(NC(=O)C(C)c2cccnc2)cc1CO. The van der Waals surface area contributed by atoms with E-state index in [0.717, 1.165) is 5.56 Å². The van der Waals surface area contributed by atoms with Crippen molar-refractivity contribution in [3.05, 3.63) is 53.9 Å². The first kappa shape index (κ1) is 16.0. The Morgan fingerprint density at radius 3 is 2.86 bits per heavy atom. The van der Waals surface area contributed by atoms with Gasteiger partial charge in [-0.2, -0.15) is 0 Å². The van der Waals surface area contributed by atoms with Gasteiger partial charge in [0.1, 0.15) is 5.75 Å². The third kappa shape index (κ3) is 3.83. The molecule has 0 spiro atoms. The van der Waals surface area contributed by atoms with Crippen molar-refractivity contribution < 1.29 is 14.6 Å². The summed E-state index contributed by atoms with van der Waals surface area (Å²) in [6.45, 7) is 4.09. The zero-order chi connectivity index (χ0) is 15.9. The van der Waals surface area contributed by atoms with Crippen LogP contribution in [-0.4, -0.2) is 22.6 Å². The van der Waals surface area contributed by atoms with Crippen molar-refractivity contribution >= 4 is 11.6 Å². The number of aliphatic hydroxyl groups is 1. The number of ether oxygens (including phenoxy) is 1. The van der Waals surface area contributed by atoms with E-state index in [1.807, 2.05) is 19.9 Å². The molecule has 116 valence electrons. The molecule has 2 rings (SSSR count). The number of nitrogens with zero attached hydrogens (tertiary/aromatic N) is 1. The minimum Gasteiger partial charge on any atom is -0.494 e. The fourth-order valence-corrected chi connectivity index (χ4v) is 2.11. The fraction of sp³-hybridized carbons (Fsp3) is 0.294. The molecule has 5 heteroatoms. The van der Waals surface area contributed by atoms with Gasteiger partial charge in [-0.1, -0.05) is 6.07 Å². The van der Waals surface area contributed by atoms with Crippen molar-refractivity contribution in [3.63, 3.8) is 0 Å². The van der Waals surface area contributed by atoms with Crippen molar-refractivity contribution in [1.29, 1.82) is 0 Å². The molecule has 1 atom stereocenters. The number of aromatic nitrogens is 1. The molecule has 0 bridgehead atoms. The minimum atomic E-state index is -0.308. The van der Waals surface area contributed by atoms with E-state index >= 15 is 0 Å². The zero-order valence-electron chi connectivity index (χ0n) is 12.7. The molecule has 2 aromatic rings. The first-order valence-electron chi connectivity index (χ1n) is 7.23. The lowest BCUT2D eigenvalue weighted by atomic mass is 10.0. The first-order valence-corrected chi connectivity index (χ1v) is 7.23. The van der Waals surface area contributed by atoms with Crippen LogP contribution < -0.4 is 10.1 Å². The fourth-order valence-electron chi connectivity index (χ4n) is 2.11. The van der Waals surface area contributed by atoms with Crippen LogP contribution in [0.3, 0.4) is 0 Å². The molecule has 0 fully saturated rings. The van der Waals surface area contributed by atoms with Crippen molar-refractivity contribution in [2.24, 2.45) is 0 Å². The highest BCUT2D eigenvalue weighted by Gasteiger charge is 2.16. The number of carbonyl (C=O) groups is 1. The maximum atomic E-state index is 12.3. The van der Waals surface area contributed by atoms with E-state index in [9.17, 15) is 9.90 Å². The van der Waals surface area contributed by atoms with Crippen LogP contribution in [0.25, 0.3) is 0 Å². The summed E-state index contributed by atoms with van der Waals surface area (Å²) in [5.74, 6) is 0.196. The summed E-state index contributed by atoms with van der Waals surface area (Å²) in [7, 11) is 0. The maximum absolute atomic E-state index is 12.3. The molecule has 1 aromatic heterocycles. The highest BCUT2D eigenvalue weighted by atomic mass is 16.5. The Morgan fingerprint density at radius 1 is 1.41 bits per heavy atom. The molecule has 1 heterocycles. The van der Waals surface area contributed by atoms with Gasteiger partial charge in [0, 0.05) is 23.6 Å². The average Bonchev–Trinajstić information content (AvgIpc) is 2.56. The molecule has 0 aliphatic heterocycles. The van der Waals surface area contributed by atoms with Crippen LogP contribution in [0.4, 0.5) is 5.69 Å². The number of aliphatic hydroxyl groups excluding tert-OH is 1. The van der Waals surface area contributed by atoms with E-state index in [1.165, 1.54) is 0 Å². The van der Waals surface area contributed by atoms with Crippen molar-refractivity contribution in [2.75, 3.05) is 11.9 Å². The molecule has 0 radical (unpaired) electrons. The van der Waals surface area contributed by atoms with E-state index < -0.39 is 0 Å². The van der Waals surface area contributed by atoms with Crippen LogP contribution in [-0.2, 0) is 11.4 Å². The highest BCUT2D eigenvalue weighted by molar-refractivity contribution is 5.95. The van der Waals surface area contributed by atoms with Gasteiger partial charge in [-0.05, 0) is 43.7 Å². The summed E-state index contributed by atoms with van der Waals surface area (Å²) in [4.78, 5) is 16.3. The average molecular weight is 300 g/mol. The third-order valence-electron chi connectivity index (χ3n) is 3.38. The number of nitrogens with one attached hydrogen (secondary N) is 1. The lowest BCUT2D eigenvalue weighted by Gasteiger charge is -2.14. The van der Waals surface area contributed by atoms with Crippen LogP contribution >= 0.6 is 0 Å². The van der Waals surface area contributed by atoms with E-state index in [-0.39, 0.29) is 18.4 Å². The summed E-state index contributed by atoms with van der Waals surface area (Å²) in [5, 5.41) is 12.2. The van der Waals surface area contributed by atoms with E-state index in [1.54, 1.807) is 36.7 Å². The molecule has 5 nitrogen and oxygen atoms in total. The van der Waals surface area contributed by atoms with Gasteiger partial charge >= 0.3 is 0 Å². The summed E-state index contributed by atoms with van der Waals surface area (Å²) in [6.07, 6.45) is 3.36. The van der Waals surface area contributed by atoms with Crippen LogP contribution in [0, 0.1) is 0 Å². The zero-order valence-corrected chi connectivity index (χ0v) is 12.7. The van der Waals surface area contributed by atoms with Gasteiger partial charge in [0.15, 0.2) is 0 Å². The molecule has 1 aromatic carbocycles. The molecular weight excluding hydrogens is 280 g/mol. The van der Waals surface area contributed by atoms with Crippen LogP contribution in [0.15, 0.2) is 42.7 Å². The van der Waals surface area contributed by atoms with Crippen molar-refractivity contribution in [1.82, 2.24) is 4.98 Å². The number of amides is 1. The minimum absolute atomic E-state index is 0.124. The lowest BCUT2D eigenvalue weighted by Crippen LogP contribution is -2.19. The number of pyridine rings is 1. The molecule has 1 amide bonds. The third-order valence-corrected chi connectivity index (χ3v) is 3.38. The van der Waals surface area contributed by atoms with Gasteiger partial charge in [0.25, 0.3) is 0 Å². The second kappa shape index (κ2) is 7.56. The highest BCUT2D eigenvalue weighted by Crippen LogP contribution is 2.24. The Kier molecular flexibility index (Phi) is 5.49. The quantitative estimate of drug-likeness (QED) is 0.860. The van der Waals surface area contributed by atoms with Gasteiger partial charge in [-0.25, -0.2) is 0 Å². The Labute approximate surface area is 130 Å². The smallest absolute Gasteiger partial charge is 0.231 e. The number of hydrogen-bond acceptors (Lipinski definition) is 4. The molecule has 22 heavy (non-hydrogen) atoms. The predicted octanol–water partition coefficient (Wildman–Crippen LogP) is 2.71. The van der Waals surface area contributed by atoms with E-state index in [4.69, 9.17) is 4.74 Å². The second-order valence-electron chi connectivity index (χ2n) is 4.91. The molecule has 0 saturated carbocycles. The topological polar surface area (TPSA) is 71.5 Å².